The van der Waals surface area contributed by atoms with E-state index in [1.807, 2.05) is 6.92 Å². The molecule has 2 N–H and O–H groups in total. The Morgan fingerprint density at radius 2 is 2.54 bits per heavy atom. The first-order valence-electron chi connectivity index (χ1n) is 4.61. The normalized spacial score (nSPS) is 25.7. The molecule has 0 bridgehead atoms. The summed E-state index contributed by atoms with van der Waals surface area (Å²) in [6.45, 7) is 2.03. The second-order valence-corrected chi connectivity index (χ2v) is 4.66. The first kappa shape index (κ1) is 8.91. The first-order chi connectivity index (χ1) is 6.24. The summed E-state index contributed by atoms with van der Waals surface area (Å²) >= 11 is 1.70. The minimum absolute atomic E-state index is 0.381. The van der Waals surface area contributed by atoms with Crippen LogP contribution in [0.25, 0.3) is 6.08 Å². The number of aryl methyl sites for hydroxylation is 1. The topological polar surface area (TPSA) is 38.9 Å². The maximum Gasteiger partial charge on any atom is 0.0901 e. The standard InChI is InChI=1S/C10H14N2S/c1-7-12-10(6-13-7)5-8-2-3-9(11)4-8/h5-6,9H,2-4,11H2,1H3/b8-5-. The Kier molecular flexibility index (Phi) is 2.47. The molecular weight excluding hydrogens is 180 g/mol. The largest absolute Gasteiger partial charge is 0.327 e. The van der Waals surface area contributed by atoms with E-state index in [9.17, 15) is 0 Å². The van der Waals surface area contributed by atoms with Crippen LogP contribution in [0.1, 0.15) is 30.0 Å². The van der Waals surface area contributed by atoms with E-state index < -0.39 is 0 Å². The van der Waals surface area contributed by atoms with E-state index in [0.717, 1.165) is 30.0 Å². The molecule has 2 rings (SSSR count). The number of rotatable bonds is 1. The van der Waals surface area contributed by atoms with Gasteiger partial charge in [-0.3, -0.25) is 0 Å². The Morgan fingerprint density at radius 1 is 1.69 bits per heavy atom. The third-order valence-corrected chi connectivity index (χ3v) is 3.14. The Hall–Kier alpha value is -0.670. The smallest absolute Gasteiger partial charge is 0.0901 e. The van der Waals surface area contributed by atoms with Crippen LogP contribution in [0.3, 0.4) is 0 Å². The predicted octanol–water partition coefficient (Wildman–Crippen LogP) is 2.35. The van der Waals surface area contributed by atoms with E-state index >= 15 is 0 Å². The zero-order valence-corrected chi connectivity index (χ0v) is 8.60. The van der Waals surface area contributed by atoms with Crippen molar-refractivity contribution in [2.75, 3.05) is 0 Å². The highest BCUT2D eigenvalue weighted by Gasteiger charge is 2.15. The molecule has 1 atom stereocenters. The van der Waals surface area contributed by atoms with Crippen LogP contribution in [0.2, 0.25) is 0 Å². The molecule has 0 aromatic carbocycles. The molecular formula is C10H14N2S. The van der Waals surface area contributed by atoms with Crippen LogP contribution in [0, 0.1) is 6.92 Å². The number of thiazole rings is 1. The Morgan fingerprint density at radius 3 is 3.08 bits per heavy atom. The average Bonchev–Trinajstić information content (AvgIpc) is 2.62. The van der Waals surface area contributed by atoms with Gasteiger partial charge in [0.1, 0.15) is 0 Å². The zero-order valence-electron chi connectivity index (χ0n) is 7.79. The molecule has 1 aliphatic rings. The van der Waals surface area contributed by atoms with Gasteiger partial charge in [-0.1, -0.05) is 5.57 Å². The number of hydrogen-bond donors (Lipinski definition) is 1. The molecule has 3 heteroatoms. The van der Waals surface area contributed by atoms with Gasteiger partial charge in [0.25, 0.3) is 0 Å². The van der Waals surface area contributed by atoms with Crippen LogP contribution in [-0.4, -0.2) is 11.0 Å². The van der Waals surface area contributed by atoms with Gasteiger partial charge >= 0.3 is 0 Å². The zero-order chi connectivity index (χ0) is 9.26. The molecule has 1 unspecified atom stereocenters. The summed E-state index contributed by atoms with van der Waals surface area (Å²) in [5.74, 6) is 0. The summed E-state index contributed by atoms with van der Waals surface area (Å²) in [6.07, 6.45) is 5.53. The number of aromatic nitrogens is 1. The highest BCUT2D eigenvalue weighted by Crippen LogP contribution is 2.25. The molecule has 1 aromatic heterocycles. The monoisotopic (exact) mass is 194 g/mol. The van der Waals surface area contributed by atoms with Gasteiger partial charge in [0.15, 0.2) is 0 Å². The molecule has 0 saturated heterocycles. The summed E-state index contributed by atoms with van der Waals surface area (Å²) in [6, 6.07) is 0.381. The summed E-state index contributed by atoms with van der Waals surface area (Å²) in [5.41, 5.74) is 8.38. The van der Waals surface area contributed by atoms with Crippen LogP contribution in [0.4, 0.5) is 0 Å². The lowest BCUT2D eigenvalue weighted by molar-refractivity contribution is 0.711. The van der Waals surface area contributed by atoms with Gasteiger partial charge in [-0.2, -0.15) is 0 Å². The maximum absolute atomic E-state index is 5.83. The minimum Gasteiger partial charge on any atom is -0.327 e. The Balaban J connectivity index is 2.12. The molecule has 1 heterocycles. The SMILES string of the molecule is Cc1nc(/C=C2/CCC(N)C2)cs1. The van der Waals surface area contributed by atoms with Crippen molar-refractivity contribution in [2.45, 2.75) is 32.2 Å². The van der Waals surface area contributed by atoms with Crippen molar-refractivity contribution >= 4 is 17.4 Å². The fourth-order valence-electron chi connectivity index (χ4n) is 1.70. The molecule has 1 saturated carbocycles. The molecule has 13 heavy (non-hydrogen) atoms. The molecule has 0 amide bonds. The van der Waals surface area contributed by atoms with E-state index in [2.05, 4.69) is 16.4 Å². The summed E-state index contributed by atoms with van der Waals surface area (Å²) in [7, 11) is 0. The van der Waals surface area contributed by atoms with E-state index in [-0.39, 0.29) is 0 Å². The van der Waals surface area contributed by atoms with Crippen molar-refractivity contribution in [1.29, 1.82) is 0 Å². The van der Waals surface area contributed by atoms with Gasteiger partial charge in [0, 0.05) is 11.4 Å². The van der Waals surface area contributed by atoms with Crippen LogP contribution < -0.4 is 5.73 Å². The average molecular weight is 194 g/mol. The molecule has 1 aromatic rings. The molecule has 0 aliphatic heterocycles. The quantitative estimate of drug-likeness (QED) is 0.745. The van der Waals surface area contributed by atoms with E-state index in [1.54, 1.807) is 11.3 Å². The maximum atomic E-state index is 5.83. The molecule has 0 radical (unpaired) electrons. The van der Waals surface area contributed by atoms with Gasteiger partial charge < -0.3 is 5.73 Å². The van der Waals surface area contributed by atoms with Crippen molar-refractivity contribution in [3.05, 3.63) is 21.7 Å². The van der Waals surface area contributed by atoms with Gasteiger partial charge in [0.2, 0.25) is 0 Å². The highest BCUT2D eigenvalue weighted by molar-refractivity contribution is 7.09. The number of nitrogens with zero attached hydrogens (tertiary/aromatic N) is 1. The summed E-state index contributed by atoms with van der Waals surface area (Å²) in [4.78, 5) is 4.40. The van der Waals surface area contributed by atoms with Crippen molar-refractivity contribution in [2.24, 2.45) is 5.73 Å². The third kappa shape index (κ3) is 2.17. The highest BCUT2D eigenvalue weighted by atomic mass is 32.1. The molecule has 1 fully saturated rings. The first-order valence-corrected chi connectivity index (χ1v) is 5.49. The second kappa shape index (κ2) is 3.60. The van der Waals surface area contributed by atoms with Crippen LogP contribution in [-0.2, 0) is 0 Å². The summed E-state index contributed by atoms with van der Waals surface area (Å²) < 4.78 is 0. The van der Waals surface area contributed by atoms with E-state index in [0.29, 0.717) is 6.04 Å². The van der Waals surface area contributed by atoms with Gasteiger partial charge in [-0.15, -0.1) is 11.3 Å². The van der Waals surface area contributed by atoms with E-state index in [4.69, 9.17) is 5.73 Å². The third-order valence-electron chi connectivity index (χ3n) is 2.35. The fraction of sp³-hybridized carbons (Fsp3) is 0.500. The van der Waals surface area contributed by atoms with Crippen LogP contribution in [0.15, 0.2) is 11.0 Å². The second-order valence-electron chi connectivity index (χ2n) is 3.60. The molecule has 1 aliphatic carbocycles. The molecule has 0 spiro atoms. The van der Waals surface area contributed by atoms with Gasteiger partial charge in [-0.25, -0.2) is 4.98 Å². The summed E-state index contributed by atoms with van der Waals surface area (Å²) in [5, 5.41) is 3.24. The Labute approximate surface area is 82.5 Å². The lowest BCUT2D eigenvalue weighted by Crippen LogP contribution is -2.13. The lowest BCUT2D eigenvalue weighted by atomic mass is 10.2. The van der Waals surface area contributed by atoms with Gasteiger partial charge in [0.05, 0.1) is 10.7 Å². The molecule has 70 valence electrons. The lowest BCUT2D eigenvalue weighted by Gasteiger charge is -1.95. The van der Waals surface area contributed by atoms with Crippen LogP contribution in [0.5, 0.6) is 0 Å². The van der Waals surface area contributed by atoms with Crippen LogP contribution >= 0.6 is 11.3 Å². The fourth-order valence-corrected chi connectivity index (χ4v) is 2.27. The number of hydrogen-bond acceptors (Lipinski definition) is 3. The van der Waals surface area contributed by atoms with Crippen molar-refractivity contribution in [1.82, 2.24) is 4.98 Å². The van der Waals surface area contributed by atoms with Crippen molar-refractivity contribution in [3.8, 4) is 0 Å². The predicted molar refractivity (Wildman–Crippen MR) is 56.7 cm³/mol. The van der Waals surface area contributed by atoms with Crippen molar-refractivity contribution < 1.29 is 0 Å². The van der Waals surface area contributed by atoms with Gasteiger partial charge in [-0.05, 0) is 32.3 Å². The minimum atomic E-state index is 0.381. The molecule has 2 nitrogen and oxygen atoms in total. The van der Waals surface area contributed by atoms with E-state index in [1.165, 1.54) is 5.57 Å². The van der Waals surface area contributed by atoms with Crippen molar-refractivity contribution in [3.63, 3.8) is 0 Å². The number of nitrogens with two attached hydrogens (primary N) is 1. The Bertz CT molecular complexity index is 327.